The first-order valence-electron chi connectivity index (χ1n) is 6.37. The SMILES string of the molecule is CO[C@@H]1C(=O)n2c3ccccc3c3ccnc(c32)[C@@H]1O. The predicted octanol–water partition coefficient (Wildman–Crippen LogP) is 1.89. The molecule has 4 rings (SSSR count). The van der Waals surface area contributed by atoms with Crippen molar-refractivity contribution >= 4 is 27.7 Å². The molecule has 1 N–H and O–H groups in total. The van der Waals surface area contributed by atoms with Crippen molar-refractivity contribution in [2.75, 3.05) is 7.11 Å². The number of nitrogens with zero attached hydrogens (tertiary/aromatic N) is 2. The first kappa shape index (κ1) is 11.6. The van der Waals surface area contributed by atoms with Gasteiger partial charge in [-0.1, -0.05) is 18.2 Å². The fourth-order valence-electron chi connectivity index (χ4n) is 3.02. The number of hydrogen-bond acceptors (Lipinski definition) is 4. The second-order valence-electron chi connectivity index (χ2n) is 4.88. The Hall–Kier alpha value is -2.24. The van der Waals surface area contributed by atoms with E-state index in [1.165, 1.54) is 7.11 Å². The second-order valence-corrected chi connectivity index (χ2v) is 4.88. The Balaban J connectivity index is 2.25. The average molecular weight is 268 g/mol. The fourth-order valence-corrected chi connectivity index (χ4v) is 3.02. The number of aromatic nitrogens is 2. The van der Waals surface area contributed by atoms with Crippen LogP contribution in [0.15, 0.2) is 36.5 Å². The lowest BCUT2D eigenvalue weighted by molar-refractivity contribution is -0.0117. The van der Waals surface area contributed by atoms with E-state index in [-0.39, 0.29) is 5.91 Å². The highest BCUT2D eigenvalue weighted by Gasteiger charge is 2.38. The van der Waals surface area contributed by atoms with Gasteiger partial charge in [-0.15, -0.1) is 0 Å². The molecule has 0 fully saturated rings. The average Bonchev–Trinajstić information content (AvgIpc) is 2.81. The molecule has 0 bridgehead atoms. The minimum absolute atomic E-state index is 0.258. The number of aliphatic hydroxyl groups is 1. The standard InChI is InChI=1S/C15H12N2O3/c1-20-14-13(18)11-12-9(6-7-16-11)8-4-2-3-5-10(8)17(12)15(14)19/h2-7,13-14,18H,1H3/t13-,14-/m0/s1. The van der Waals surface area contributed by atoms with Gasteiger partial charge >= 0.3 is 0 Å². The molecule has 20 heavy (non-hydrogen) atoms. The number of methoxy groups -OCH3 is 1. The van der Waals surface area contributed by atoms with Crippen molar-refractivity contribution in [3.05, 3.63) is 42.2 Å². The lowest BCUT2D eigenvalue weighted by Gasteiger charge is -2.26. The van der Waals surface area contributed by atoms with Gasteiger partial charge < -0.3 is 9.84 Å². The van der Waals surface area contributed by atoms with Crippen molar-refractivity contribution < 1.29 is 14.6 Å². The molecule has 0 spiro atoms. The van der Waals surface area contributed by atoms with Gasteiger partial charge in [-0.05, 0) is 12.1 Å². The van der Waals surface area contributed by atoms with E-state index in [0.29, 0.717) is 11.2 Å². The maximum atomic E-state index is 12.6. The summed E-state index contributed by atoms with van der Waals surface area (Å²) in [7, 11) is 1.42. The Morgan fingerprint density at radius 2 is 2.05 bits per heavy atom. The first-order valence-corrected chi connectivity index (χ1v) is 6.37. The van der Waals surface area contributed by atoms with Crippen molar-refractivity contribution in [1.29, 1.82) is 0 Å². The third-order valence-electron chi connectivity index (χ3n) is 3.90. The van der Waals surface area contributed by atoms with Gasteiger partial charge in [0, 0.05) is 24.1 Å². The number of carbonyl (C=O) groups excluding carboxylic acids is 1. The van der Waals surface area contributed by atoms with Gasteiger partial charge in [0.15, 0.2) is 6.10 Å². The third kappa shape index (κ3) is 1.23. The smallest absolute Gasteiger partial charge is 0.263 e. The van der Waals surface area contributed by atoms with E-state index in [1.807, 2.05) is 30.3 Å². The molecule has 0 saturated heterocycles. The van der Waals surface area contributed by atoms with Crippen molar-refractivity contribution in [3.63, 3.8) is 0 Å². The molecular formula is C15H12N2O3. The summed E-state index contributed by atoms with van der Waals surface area (Å²) in [5.74, 6) is -0.258. The third-order valence-corrected chi connectivity index (χ3v) is 3.90. The minimum Gasteiger partial charge on any atom is -0.383 e. The van der Waals surface area contributed by atoms with E-state index in [4.69, 9.17) is 4.74 Å². The second kappa shape index (κ2) is 3.88. The van der Waals surface area contributed by atoms with Gasteiger partial charge in [-0.2, -0.15) is 0 Å². The molecule has 3 aromatic rings. The molecule has 0 unspecified atom stereocenters. The topological polar surface area (TPSA) is 64.4 Å². The summed E-state index contributed by atoms with van der Waals surface area (Å²) in [4.78, 5) is 16.8. The van der Waals surface area contributed by atoms with E-state index >= 15 is 0 Å². The maximum Gasteiger partial charge on any atom is 0.263 e. The van der Waals surface area contributed by atoms with Gasteiger partial charge in [0.1, 0.15) is 6.10 Å². The quantitative estimate of drug-likeness (QED) is 0.732. The van der Waals surface area contributed by atoms with E-state index in [9.17, 15) is 9.90 Å². The van der Waals surface area contributed by atoms with E-state index in [1.54, 1.807) is 10.8 Å². The molecule has 1 aliphatic rings. The van der Waals surface area contributed by atoms with Crippen LogP contribution >= 0.6 is 0 Å². The molecule has 0 amide bonds. The van der Waals surface area contributed by atoms with Crippen molar-refractivity contribution in [2.24, 2.45) is 0 Å². The summed E-state index contributed by atoms with van der Waals surface area (Å²) >= 11 is 0. The molecule has 0 radical (unpaired) electrons. The molecule has 5 nitrogen and oxygen atoms in total. The van der Waals surface area contributed by atoms with Gasteiger partial charge in [0.2, 0.25) is 0 Å². The largest absolute Gasteiger partial charge is 0.383 e. The Morgan fingerprint density at radius 1 is 1.25 bits per heavy atom. The lowest BCUT2D eigenvalue weighted by atomic mass is 10.0. The molecule has 1 aliphatic heterocycles. The number of rotatable bonds is 1. The van der Waals surface area contributed by atoms with E-state index in [2.05, 4.69) is 4.98 Å². The van der Waals surface area contributed by atoms with Gasteiger partial charge in [0.25, 0.3) is 5.91 Å². The Morgan fingerprint density at radius 3 is 2.85 bits per heavy atom. The van der Waals surface area contributed by atoms with Crippen LogP contribution in [0.4, 0.5) is 0 Å². The van der Waals surface area contributed by atoms with Crippen LogP contribution in [0.3, 0.4) is 0 Å². The summed E-state index contributed by atoms with van der Waals surface area (Å²) in [5.41, 5.74) is 1.99. The highest BCUT2D eigenvalue weighted by atomic mass is 16.5. The Kier molecular flexibility index (Phi) is 2.24. The highest BCUT2D eigenvalue weighted by molar-refractivity contribution is 6.15. The lowest BCUT2D eigenvalue weighted by Crippen LogP contribution is -2.38. The maximum absolute atomic E-state index is 12.6. The molecule has 0 aliphatic carbocycles. The molecule has 2 atom stereocenters. The zero-order chi connectivity index (χ0) is 13.9. The van der Waals surface area contributed by atoms with Crippen LogP contribution in [0.2, 0.25) is 0 Å². The first-order chi connectivity index (χ1) is 9.74. The Bertz CT molecular complexity index is 853. The van der Waals surface area contributed by atoms with Crippen LogP contribution in [-0.4, -0.2) is 33.8 Å². The van der Waals surface area contributed by atoms with Crippen LogP contribution in [-0.2, 0) is 4.74 Å². The van der Waals surface area contributed by atoms with Gasteiger partial charge in [-0.3, -0.25) is 14.3 Å². The Labute approximate surface area is 114 Å². The number of carbonyl (C=O) groups is 1. The summed E-state index contributed by atoms with van der Waals surface area (Å²) in [6, 6.07) is 9.54. The van der Waals surface area contributed by atoms with Gasteiger partial charge in [0.05, 0.1) is 16.7 Å². The molecule has 5 heteroatoms. The molecule has 2 aromatic heterocycles. The summed E-state index contributed by atoms with van der Waals surface area (Å²) < 4.78 is 6.77. The number of fused-ring (bicyclic) bond motifs is 3. The summed E-state index contributed by atoms with van der Waals surface area (Å²) in [6.45, 7) is 0. The summed E-state index contributed by atoms with van der Waals surface area (Å²) in [6.07, 6.45) is -0.301. The number of ether oxygens (including phenoxy) is 1. The van der Waals surface area contributed by atoms with Crippen molar-refractivity contribution in [1.82, 2.24) is 9.55 Å². The van der Waals surface area contributed by atoms with Crippen molar-refractivity contribution in [2.45, 2.75) is 12.2 Å². The molecule has 100 valence electrons. The van der Waals surface area contributed by atoms with Crippen LogP contribution in [0, 0.1) is 0 Å². The van der Waals surface area contributed by atoms with Crippen molar-refractivity contribution in [3.8, 4) is 0 Å². The van der Waals surface area contributed by atoms with Crippen LogP contribution in [0.1, 0.15) is 16.6 Å². The number of benzene rings is 1. The van der Waals surface area contributed by atoms with Gasteiger partial charge in [-0.25, -0.2) is 0 Å². The monoisotopic (exact) mass is 268 g/mol. The highest BCUT2D eigenvalue weighted by Crippen LogP contribution is 2.37. The van der Waals surface area contributed by atoms with Crippen LogP contribution in [0.25, 0.3) is 21.8 Å². The molecule has 0 saturated carbocycles. The predicted molar refractivity (Wildman–Crippen MR) is 73.6 cm³/mol. The molecule has 3 heterocycles. The van der Waals surface area contributed by atoms with Crippen LogP contribution < -0.4 is 0 Å². The fraction of sp³-hybridized carbons (Fsp3) is 0.200. The number of hydrogen-bond donors (Lipinski definition) is 1. The van der Waals surface area contributed by atoms with Crippen LogP contribution in [0.5, 0.6) is 0 Å². The number of pyridine rings is 1. The summed E-state index contributed by atoms with van der Waals surface area (Å²) in [5, 5.41) is 12.2. The normalized spacial score (nSPS) is 21.8. The molecule has 1 aromatic carbocycles. The zero-order valence-electron chi connectivity index (χ0n) is 10.8. The van der Waals surface area contributed by atoms with E-state index in [0.717, 1.165) is 16.3 Å². The number of aliphatic hydroxyl groups excluding tert-OH is 1. The minimum atomic E-state index is -1.03. The van der Waals surface area contributed by atoms with E-state index < -0.39 is 12.2 Å². The number of para-hydroxylation sites is 1. The molecular weight excluding hydrogens is 256 g/mol. The zero-order valence-corrected chi connectivity index (χ0v) is 10.8.